The monoisotopic (exact) mass is 359 g/mol. The third-order valence-corrected chi connectivity index (χ3v) is 3.46. The lowest BCUT2D eigenvalue weighted by atomic mass is 9.98. The maximum Gasteiger partial charge on any atom is 0.408 e. The normalized spacial score (nSPS) is 14.8. The summed E-state index contributed by atoms with van der Waals surface area (Å²) in [7, 11) is 0. The number of carboxylic acid groups (broad SMARTS) is 1. The molecule has 0 spiro atoms. The molecule has 0 aliphatic carbocycles. The van der Waals surface area contributed by atoms with E-state index in [0.29, 0.717) is 6.42 Å². The van der Waals surface area contributed by atoms with Crippen molar-refractivity contribution in [2.45, 2.75) is 71.6 Å². The second-order valence-corrected chi connectivity index (χ2v) is 6.91. The minimum Gasteiger partial charge on any atom is -0.480 e. The van der Waals surface area contributed by atoms with Crippen molar-refractivity contribution in [3.8, 4) is 0 Å². The smallest absolute Gasteiger partial charge is 0.408 e. The van der Waals surface area contributed by atoms with E-state index in [1.54, 1.807) is 27.7 Å². The highest BCUT2D eigenvalue weighted by Crippen LogP contribution is 2.12. The van der Waals surface area contributed by atoms with Crippen LogP contribution in [0.1, 0.15) is 53.9 Å². The molecule has 0 saturated heterocycles. The molecule has 0 aromatic rings. The highest BCUT2D eigenvalue weighted by atomic mass is 16.6. The zero-order chi connectivity index (χ0) is 19.8. The molecule has 0 bridgehead atoms. The number of amides is 3. The van der Waals surface area contributed by atoms with Crippen LogP contribution in [0.2, 0.25) is 0 Å². The zero-order valence-electron chi connectivity index (χ0n) is 15.4. The van der Waals surface area contributed by atoms with Crippen molar-refractivity contribution in [1.82, 2.24) is 10.6 Å². The number of primary amides is 1. The maximum absolute atomic E-state index is 12.4. The molecule has 3 amide bonds. The number of carbonyl (C=O) groups is 4. The molecule has 25 heavy (non-hydrogen) atoms. The number of carbonyl (C=O) groups excluding carboxylic acids is 3. The van der Waals surface area contributed by atoms with E-state index < -0.39 is 41.6 Å². The van der Waals surface area contributed by atoms with Crippen molar-refractivity contribution in [1.29, 1.82) is 0 Å². The number of ether oxygens (including phenoxy) is 1. The van der Waals surface area contributed by atoms with Crippen LogP contribution in [0, 0.1) is 5.92 Å². The van der Waals surface area contributed by atoms with Gasteiger partial charge in [0.25, 0.3) is 0 Å². The Kier molecular flexibility index (Phi) is 8.94. The summed E-state index contributed by atoms with van der Waals surface area (Å²) < 4.78 is 5.14. The standard InChI is InChI=1S/C16H29N3O6/c1-6-9(2)12(19-15(24)25-16(3,4)5)13(21)18-10(14(22)23)7-8-11(17)20/h9-10,12H,6-8H2,1-5H3,(H2,17,20)(H,18,21)(H,19,24)(H,22,23)/t9-,10+,12+/m1/s1. The zero-order valence-corrected chi connectivity index (χ0v) is 15.4. The van der Waals surface area contributed by atoms with Gasteiger partial charge >= 0.3 is 12.1 Å². The van der Waals surface area contributed by atoms with Gasteiger partial charge in [0.1, 0.15) is 17.7 Å². The SMILES string of the molecule is CC[C@@H](C)[C@H](NC(=O)OC(C)(C)C)C(=O)N[C@@H](CCC(N)=O)C(=O)O. The molecule has 3 atom stereocenters. The van der Waals surface area contributed by atoms with Gasteiger partial charge in [-0.1, -0.05) is 20.3 Å². The molecule has 9 nitrogen and oxygen atoms in total. The van der Waals surface area contributed by atoms with Gasteiger partial charge in [-0.2, -0.15) is 0 Å². The predicted molar refractivity (Wildman–Crippen MR) is 90.6 cm³/mol. The Morgan fingerprint density at radius 2 is 1.72 bits per heavy atom. The van der Waals surface area contributed by atoms with Gasteiger partial charge in [0.05, 0.1) is 0 Å². The first-order chi connectivity index (χ1) is 11.4. The fraction of sp³-hybridized carbons (Fsp3) is 0.750. The Hall–Kier alpha value is -2.32. The van der Waals surface area contributed by atoms with Gasteiger partial charge in [0.2, 0.25) is 11.8 Å². The van der Waals surface area contributed by atoms with Crippen LogP contribution < -0.4 is 16.4 Å². The first-order valence-corrected chi connectivity index (χ1v) is 8.18. The number of hydrogen-bond acceptors (Lipinski definition) is 5. The minimum atomic E-state index is -1.28. The lowest BCUT2D eigenvalue weighted by Crippen LogP contribution is -2.54. The molecular formula is C16H29N3O6. The van der Waals surface area contributed by atoms with Crippen LogP contribution in [-0.4, -0.2) is 46.7 Å². The molecule has 0 aliphatic heterocycles. The van der Waals surface area contributed by atoms with Gasteiger partial charge in [-0.25, -0.2) is 9.59 Å². The number of alkyl carbamates (subject to hydrolysis) is 1. The topological polar surface area (TPSA) is 148 Å². The predicted octanol–water partition coefficient (Wildman–Crippen LogP) is 0.761. The van der Waals surface area contributed by atoms with E-state index in [0.717, 1.165) is 0 Å². The van der Waals surface area contributed by atoms with Crippen molar-refractivity contribution >= 4 is 23.9 Å². The van der Waals surface area contributed by atoms with Gasteiger partial charge in [-0.15, -0.1) is 0 Å². The Balaban J connectivity index is 5.06. The molecule has 0 fully saturated rings. The molecular weight excluding hydrogens is 330 g/mol. The van der Waals surface area contributed by atoms with E-state index in [9.17, 15) is 19.2 Å². The molecule has 9 heteroatoms. The fourth-order valence-electron chi connectivity index (χ4n) is 1.94. The Morgan fingerprint density at radius 3 is 2.12 bits per heavy atom. The molecule has 0 aromatic heterocycles. The quantitative estimate of drug-likeness (QED) is 0.478. The average molecular weight is 359 g/mol. The number of carboxylic acids is 1. The Morgan fingerprint density at radius 1 is 1.16 bits per heavy atom. The summed E-state index contributed by atoms with van der Waals surface area (Å²) in [5, 5.41) is 14.0. The molecule has 0 unspecified atom stereocenters. The molecule has 0 radical (unpaired) electrons. The average Bonchev–Trinajstić information content (AvgIpc) is 2.45. The summed E-state index contributed by atoms with van der Waals surface area (Å²) in [5.74, 6) is -2.85. The minimum absolute atomic E-state index is 0.129. The highest BCUT2D eigenvalue weighted by Gasteiger charge is 2.31. The van der Waals surface area contributed by atoms with Crippen LogP contribution in [0.4, 0.5) is 4.79 Å². The number of hydrogen-bond donors (Lipinski definition) is 4. The summed E-state index contributed by atoms with van der Waals surface area (Å²) in [6, 6.07) is -2.23. The first kappa shape index (κ1) is 22.7. The van der Waals surface area contributed by atoms with E-state index in [2.05, 4.69) is 10.6 Å². The third kappa shape index (κ3) is 9.53. The van der Waals surface area contributed by atoms with Gasteiger partial charge in [-0.3, -0.25) is 9.59 Å². The summed E-state index contributed by atoms with van der Waals surface area (Å²) in [6.07, 6.45) is -0.495. The first-order valence-electron chi connectivity index (χ1n) is 8.18. The van der Waals surface area contributed by atoms with Gasteiger partial charge in [0.15, 0.2) is 0 Å². The number of aliphatic carboxylic acids is 1. The van der Waals surface area contributed by atoms with Crippen LogP contribution in [-0.2, 0) is 19.1 Å². The largest absolute Gasteiger partial charge is 0.480 e. The Bertz CT molecular complexity index is 501. The number of rotatable bonds is 9. The second-order valence-electron chi connectivity index (χ2n) is 6.91. The van der Waals surface area contributed by atoms with Crippen LogP contribution in [0.15, 0.2) is 0 Å². The summed E-state index contributed by atoms with van der Waals surface area (Å²) >= 11 is 0. The van der Waals surface area contributed by atoms with Gasteiger partial charge in [0, 0.05) is 6.42 Å². The van der Waals surface area contributed by atoms with E-state index >= 15 is 0 Å². The van der Waals surface area contributed by atoms with Crippen molar-refractivity contribution in [2.75, 3.05) is 0 Å². The summed E-state index contributed by atoms with van der Waals surface area (Å²) in [5.41, 5.74) is 4.28. The van der Waals surface area contributed by atoms with Crippen molar-refractivity contribution in [3.05, 3.63) is 0 Å². The van der Waals surface area contributed by atoms with Crippen molar-refractivity contribution in [2.24, 2.45) is 11.7 Å². The maximum atomic E-state index is 12.4. The van der Waals surface area contributed by atoms with Crippen molar-refractivity contribution < 1.29 is 29.0 Å². The van der Waals surface area contributed by atoms with E-state index in [4.69, 9.17) is 15.6 Å². The van der Waals surface area contributed by atoms with Gasteiger partial charge < -0.3 is 26.2 Å². The van der Waals surface area contributed by atoms with Gasteiger partial charge in [-0.05, 0) is 33.1 Å². The van der Waals surface area contributed by atoms with Crippen LogP contribution >= 0.6 is 0 Å². The Labute approximate surface area is 147 Å². The van der Waals surface area contributed by atoms with Crippen LogP contribution in [0.25, 0.3) is 0 Å². The molecule has 0 heterocycles. The van der Waals surface area contributed by atoms with Crippen molar-refractivity contribution in [3.63, 3.8) is 0 Å². The van der Waals surface area contributed by atoms with E-state index in [-0.39, 0.29) is 18.8 Å². The molecule has 0 aromatic carbocycles. The van der Waals surface area contributed by atoms with E-state index in [1.807, 2.05) is 6.92 Å². The molecule has 0 aliphatic rings. The van der Waals surface area contributed by atoms with E-state index in [1.165, 1.54) is 0 Å². The molecule has 144 valence electrons. The summed E-state index contributed by atoms with van der Waals surface area (Å²) in [4.78, 5) is 46.4. The third-order valence-electron chi connectivity index (χ3n) is 3.46. The number of nitrogens with two attached hydrogens (primary N) is 1. The fourth-order valence-corrected chi connectivity index (χ4v) is 1.94. The molecule has 0 saturated carbocycles. The highest BCUT2D eigenvalue weighted by molar-refractivity contribution is 5.89. The van der Waals surface area contributed by atoms with Crippen LogP contribution in [0.3, 0.4) is 0 Å². The van der Waals surface area contributed by atoms with Crippen LogP contribution in [0.5, 0.6) is 0 Å². The summed E-state index contributed by atoms with van der Waals surface area (Å²) in [6.45, 7) is 8.66. The lowest BCUT2D eigenvalue weighted by molar-refractivity contribution is -0.142. The molecule has 0 rings (SSSR count). The number of nitrogens with one attached hydrogen (secondary N) is 2. The molecule has 5 N–H and O–H groups in total. The second kappa shape index (κ2) is 9.85. The lowest BCUT2D eigenvalue weighted by Gasteiger charge is -2.27.